The lowest BCUT2D eigenvalue weighted by atomic mass is 10.7. The fourth-order valence-corrected chi connectivity index (χ4v) is 0.332. The van der Waals surface area contributed by atoms with Crippen molar-refractivity contribution in [3.63, 3.8) is 0 Å². The average molecular weight is 141 g/mol. The van der Waals surface area contributed by atoms with Crippen molar-refractivity contribution in [2.24, 2.45) is 4.99 Å². The van der Waals surface area contributed by atoms with E-state index in [1.165, 1.54) is 0 Å². The molecule has 0 aliphatic carbocycles. The molecule has 0 saturated carbocycles. The van der Waals surface area contributed by atoms with Gasteiger partial charge in [0, 0.05) is 25.7 Å². The highest BCUT2D eigenvalue weighted by atomic mass is 16.1. The van der Waals surface area contributed by atoms with Gasteiger partial charge in [-0.3, -0.25) is 9.79 Å². The molecule has 10 heavy (non-hydrogen) atoms. The number of carbonyl (C=O) groups excluding carboxylic acids is 1. The Labute approximate surface area is 60.0 Å². The van der Waals surface area contributed by atoms with Crippen molar-refractivity contribution in [3.05, 3.63) is 12.4 Å². The summed E-state index contributed by atoms with van der Waals surface area (Å²) in [5.41, 5.74) is 0. The summed E-state index contributed by atoms with van der Waals surface area (Å²) in [6, 6.07) is 0. The van der Waals surface area contributed by atoms with Crippen molar-refractivity contribution in [3.8, 4) is 0 Å². The third kappa shape index (κ3) is 6.68. The second-order valence-electron chi connectivity index (χ2n) is 1.46. The molecule has 0 aliphatic heterocycles. The van der Waals surface area contributed by atoms with Crippen LogP contribution in [0.25, 0.3) is 0 Å². The molecule has 0 aromatic rings. The Balaban J connectivity index is 3.19. The molecule has 0 atom stereocenters. The van der Waals surface area contributed by atoms with E-state index in [2.05, 4.69) is 15.6 Å². The molecule has 0 fully saturated rings. The quantitative estimate of drug-likeness (QED) is 0.308. The predicted molar refractivity (Wildman–Crippen MR) is 40.8 cm³/mol. The van der Waals surface area contributed by atoms with E-state index in [0.29, 0.717) is 13.0 Å². The SMILES string of the molecule is CN/C=C\N=CCNC=O. The first-order chi connectivity index (χ1) is 4.91. The minimum absolute atomic E-state index is 0.470. The summed E-state index contributed by atoms with van der Waals surface area (Å²) in [6.45, 7) is 0.470. The van der Waals surface area contributed by atoms with Crippen LogP contribution in [0.15, 0.2) is 17.4 Å². The molecule has 4 nitrogen and oxygen atoms in total. The Morgan fingerprint density at radius 1 is 1.60 bits per heavy atom. The van der Waals surface area contributed by atoms with Crippen molar-refractivity contribution in [1.29, 1.82) is 0 Å². The van der Waals surface area contributed by atoms with Crippen LogP contribution in [0, 0.1) is 0 Å². The number of hydrogen-bond donors (Lipinski definition) is 2. The molecular formula is C6H11N3O. The summed E-state index contributed by atoms with van der Waals surface area (Å²) in [6.07, 6.45) is 5.53. The molecule has 0 saturated heterocycles. The van der Waals surface area contributed by atoms with Gasteiger partial charge in [-0.2, -0.15) is 0 Å². The van der Waals surface area contributed by atoms with Crippen LogP contribution in [0.4, 0.5) is 0 Å². The summed E-state index contributed by atoms with van der Waals surface area (Å²) in [7, 11) is 1.79. The molecule has 0 aliphatic rings. The van der Waals surface area contributed by atoms with E-state index in [0.717, 1.165) is 0 Å². The Kier molecular flexibility index (Phi) is 6.67. The van der Waals surface area contributed by atoms with Gasteiger partial charge in [0.05, 0.1) is 6.54 Å². The van der Waals surface area contributed by atoms with Crippen molar-refractivity contribution in [2.45, 2.75) is 0 Å². The third-order valence-electron chi connectivity index (χ3n) is 0.725. The molecule has 56 valence electrons. The van der Waals surface area contributed by atoms with Crippen LogP contribution in [0.1, 0.15) is 0 Å². The van der Waals surface area contributed by atoms with E-state index in [-0.39, 0.29) is 0 Å². The van der Waals surface area contributed by atoms with Gasteiger partial charge in [-0.15, -0.1) is 0 Å². The van der Waals surface area contributed by atoms with Crippen molar-refractivity contribution in [2.75, 3.05) is 13.6 Å². The fourth-order valence-electron chi connectivity index (χ4n) is 0.332. The standard InChI is InChI=1S/C6H11N3O/c1-7-2-3-8-4-5-9-6-10/h2-4,6-7H,5H2,1H3,(H,9,10)/b3-2-,8-4?. The second-order valence-corrected chi connectivity index (χ2v) is 1.46. The number of hydrogen-bond acceptors (Lipinski definition) is 3. The first-order valence-corrected chi connectivity index (χ1v) is 2.92. The number of nitrogens with zero attached hydrogens (tertiary/aromatic N) is 1. The average Bonchev–Trinajstić information content (AvgIpc) is 1.97. The zero-order chi connectivity index (χ0) is 7.66. The van der Waals surface area contributed by atoms with Crippen molar-refractivity contribution in [1.82, 2.24) is 10.6 Å². The van der Waals surface area contributed by atoms with Crippen LogP contribution in [-0.2, 0) is 4.79 Å². The van der Waals surface area contributed by atoms with E-state index in [1.807, 2.05) is 0 Å². The second kappa shape index (κ2) is 7.68. The molecule has 2 N–H and O–H groups in total. The van der Waals surface area contributed by atoms with Gasteiger partial charge in [0.2, 0.25) is 6.41 Å². The van der Waals surface area contributed by atoms with Gasteiger partial charge < -0.3 is 10.6 Å². The highest BCUT2D eigenvalue weighted by Gasteiger charge is 1.70. The lowest BCUT2D eigenvalue weighted by molar-refractivity contribution is -0.109. The number of rotatable bonds is 5. The van der Waals surface area contributed by atoms with Gasteiger partial charge in [0.25, 0.3) is 0 Å². The monoisotopic (exact) mass is 141 g/mol. The van der Waals surface area contributed by atoms with E-state index >= 15 is 0 Å². The lowest BCUT2D eigenvalue weighted by Gasteiger charge is -1.85. The predicted octanol–water partition coefficient (Wildman–Crippen LogP) is -0.506. The minimum atomic E-state index is 0.470. The van der Waals surface area contributed by atoms with Gasteiger partial charge in [-0.25, -0.2) is 0 Å². The smallest absolute Gasteiger partial charge is 0.207 e. The summed E-state index contributed by atoms with van der Waals surface area (Å²) >= 11 is 0. The number of nitrogens with one attached hydrogen (secondary N) is 2. The van der Waals surface area contributed by atoms with Crippen LogP contribution < -0.4 is 10.6 Å². The summed E-state index contributed by atoms with van der Waals surface area (Å²) in [5, 5.41) is 5.22. The number of carbonyl (C=O) groups is 1. The molecule has 0 heterocycles. The molecule has 0 bridgehead atoms. The normalized spacial score (nSPS) is 10.5. The Bertz CT molecular complexity index is 131. The van der Waals surface area contributed by atoms with Gasteiger partial charge in [-0.1, -0.05) is 0 Å². The van der Waals surface area contributed by atoms with Crippen LogP contribution >= 0.6 is 0 Å². The zero-order valence-electron chi connectivity index (χ0n) is 5.87. The molecule has 0 radical (unpaired) electrons. The van der Waals surface area contributed by atoms with E-state index < -0.39 is 0 Å². The maximum Gasteiger partial charge on any atom is 0.207 e. The first kappa shape index (κ1) is 8.68. The fraction of sp³-hybridized carbons (Fsp3) is 0.333. The van der Waals surface area contributed by atoms with Crippen LogP contribution in [0.3, 0.4) is 0 Å². The topological polar surface area (TPSA) is 53.5 Å². The highest BCUT2D eigenvalue weighted by molar-refractivity contribution is 5.64. The molecule has 0 aromatic heterocycles. The molecular weight excluding hydrogens is 130 g/mol. The minimum Gasteiger partial charge on any atom is -0.393 e. The molecule has 0 spiro atoms. The summed E-state index contributed by atoms with van der Waals surface area (Å²) < 4.78 is 0. The van der Waals surface area contributed by atoms with Crippen LogP contribution in [-0.4, -0.2) is 26.2 Å². The first-order valence-electron chi connectivity index (χ1n) is 2.92. The highest BCUT2D eigenvalue weighted by Crippen LogP contribution is 1.66. The molecule has 0 aromatic carbocycles. The zero-order valence-corrected chi connectivity index (χ0v) is 5.87. The van der Waals surface area contributed by atoms with Crippen molar-refractivity contribution >= 4 is 12.6 Å². The maximum absolute atomic E-state index is 9.69. The molecule has 4 heteroatoms. The van der Waals surface area contributed by atoms with Gasteiger partial charge in [0.1, 0.15) is 0 Å². The van der Waals surface area contributed by atoms with Crippen LogP contribution in [0.2, 0.25) is 0 Å². The lowest BCUT2D eigenvalue weighted by Crippen LogP contribution is -2.12. The molecule has 0 rings (SSSR count). The Morgan fingerprint density at radius 2 is 2.40 bits per heavy atom. The Hall–Kier alpha value is -1.32. The van der Waals surface area contributed by atoms with Crippen LogP contribution in [0.5, 0.6) is 0 Å². The number of aliphatic imine (C=N–C) groups is 1. The van der Waals surface area contributed by atoms with E-state index in [9.17, 15) is 4.79 Å². The van der Waals surface area contributed by atoms with Gasteiger partial charge in [-0.05, 0) is 0 Å². The van der Waals surface area contributed by atoms with Gasteiger partial charge in [0.15, 0.2) is 0 Å². The van der Waals surface area contributed by atoms with Crippen molar-refractivity contribution < 1.29 is 4.79 Å². The largest absolute Gasteiger partial charge is 0.393 e. The maximum atomic E-state index is 9.69. The Morgan fingerprint density at radius 3 is 3.00 bits per heavy atom. The van der Waals surface area contributed by atoms with E-state index in [4.69, 9.17) is 0 Å². The third-order valence-corrected chi connectivity index (χ3v) is 0.725. The molecule has 0 unspecified atom stereocenters. The number of amides is 1. The molecule has 1 amide bonds. The van der Waals surface area contributed by atoms with Gasteiger partial charge >= 0.3 is 0 Å². The van der Waals surface area contributed by atoms with E-state index in [1.54, 1.807) is 25.7 Å². The summed E-state index contributed by atoms with van der Waals surface area (Å²) in [5.74, 6) is 0. The summed E-state index contributed by atoms with van der Waals surface area (Å²) in [4.78, 5) is 13.5.